The average molecular weight is 159 g/mol. The molecular formula is C6H9NO4. The molecule has 5 heteroatoms. The molecule has 0 aromatic carbocycles. The Labute approximate surface area is 63.3 Å². The summed E-state index contributed by atoms with van der Waals surface area (Å²) in [6.45, 7) is 1.62. The Morgan fingerprint density at radius 2 is 2.45 bits per heavy atom. The van der Waals surface area contributed by atoms with Crippen LogP contribution in [-0.2, 0) is 14.3 Å². The van der Waals surface area contributed by atoms with Gasteiger partial charge in [-0.3, -0.25) is 4.79 Å². The fourth-order valence-corrected chi connectivity index (χ4v) is 0.780. The molecule has 1 aliphatic heterocycles. The molecule has 1 fully saturated rings. The van der Waals surface area contributed by atoms with Crippen molar-refractivity contribution in [2.75, 3.05) is 6.61 Å². The van der Waals surface area contributed by atoms with Crippen molar-refractivity contribution in [3.05, 3.63) is 0 Å². The van der Waals surface area contributed by atoms with Gasteiger partial charge in [0.1, 0.15) is 6.10 Å². The third kappa shape index (κ3) is 1.68. The van der Waals surface area contributed by atoms with Crippen LogP contribution in [0.25, 0.3) is 0 Å². The smallest absolute Gasteiger partial charge is 0.328 e. The predicted octanol–water partition coefficient (Wildman–Crippen LogP) is -1.03. The maximum Gasteiger partial charge on any atom is 0.328 e. The molecule has 5 nitrogen and oxygen atoms in total. The van der Waals surface area contributed by atoms with Crippen LogP contribution in [-0.4, -0.2) is 35.7 Å². The second kappa shape index (κ2) is 2.87. The number of carboxylic acids is 1. The number of carbonyl (C=O) groups excluding carboxylic acids is 1. The number of hydrogen-bond donors (Lipinski definition) is 2. The maximum absolute atomic E-state index is 10.8. The van der Waals surface area contributed by atoms with Crippen LogP contribution in [0.15, 0.2) is 0 Å². The van der Waals surface area contributed by atoms with E-state index in [0.717, 1.165) is 0 Å². The van der Waals surface area contributed by atoms with Gasteiger partial charge in [0.15, 0.2) is 6.04 Å². The highest BCUT2D eigenvalue weighted by molar-refractivity contribution is 5.87. The van der Waals surface area contributed by atoms with Gasteiger partial charge in [-0.25, -0.2) is 4.79 Å². The second-order valence-corrected chi connectivity index (χ2v) is 2.37. The highest BCUT2D eigenvalue weighted by Gasteiger charge is 2.29. The van der Waals surface area contributed by atoms with Gasteiger partial charge in [0.05, 0.1) is 6.61 Å². The number of aliphatic carboxylic acids is 1. The van der Waals surface area contributed by atoms with Crippen LogP contribution in [0.4, 0.5) is 0 Å². The van der Waals surface area contributed by atoms with E-state index in [-0.39, 0.29) is 12.5 Å². The lowest BCUT2D eigenvalue weighted by Crippen LogP contribution is -2.53. The Hall–Kier alpha value is -1.10. The van der Waals surface area contributed by atoms with E-state index in [2.05, 4.69) is 5.32 Å². The second-order valence-electron chi connectivity index (χ2n) is 2.37. The molecule has 1 saturated heterocycles. The summed E-state index contributed by atoms with van der Waals surface area (Å²) >= 11 is 0. The van der Waals surface area contributed by atoms with Crippen molar-refractivity contribution in [2.45, 2.75) is 19.1 Å². The number of nitrogens with one attached hydrogen (secondary N) is 1. The summed E-state index contributed by atoms with van der Waals surface area (Å²) in [7, 11) is 0. The molecule has 11 heavy (non-hydrogen) atoms. The molecule has 0 radical (unpaired) electrons. The van der Waals surface area contributed by atoms with Gasteiger partial charge in [-0.05, 0) is 6.92 Å². The lowest BCUT2D eigenvalue weighted by atomic mass is 10.2. The number of rotatable bonds is 1. The minimum Gasteiger partial charge on any atom is -0.480 e. The molecule has 2 atom stereocenters. The van der Waals surface area contributed by atoms with Crippen molar-refractivity contribution < 1.29 is 19.4 Å². The van der Waals surface area contributed by atoms with Gasteiger partial charge in [0.2, 0.25) is 5.91 Å². The number of carbonyl (C=O) groups is 2. The first-order valence-electron chi connectivity index (χ1n) is 3.26. The lowest BCUT2D eigenvalue weighted by molar-refractivity contribution is -0.152. The monoisotopic (exact) mass is 159 g/mol. The summed E-state index contributed by atoms with van der Waals surface area (Å²) in [6.07, 6.45) is -0.536. The summed E-state index contributed by atoms with van der Waals surface area (Å²) in [6, 6.07) is -0.890. The highest BCUT2D eigenvalue weighted by atomic mass is 16.5. The molecule has 0 saturated carbocycles. The summed E-state index contributed by atoms with van der Waals surface area (Å²) in [4.78, 5) is 21.1. The molecule has 0 spiro atoms. The minimum absolute atomic E-state index is 0.0439. The maximum atomic E-state index is 10.8. The summed E-state index contributed by atoms with van der Waals surface area (Å²) in [5.74, 6) is -1.44. The zero-order valence-corrected chi connectivity index (χ0v) is 6.03. The third-order valence-electron chi connectivity index (χ3n) is 1.50. The Balaban J connectivity index is 2.53. The van der Waals surface area contributed by atoms with Gasteiger partial charge < -0.3 is 15.2 Å². The highest BCUT2D eigenvalue weighted by Crippen LogP contribution is 2.01. The van der Waals surface area contributed by atoms with Gasteiger partial charge >= 0.3 is 5.97 Å². The fourth-order valence-electron chi connectivity index (χ4n) is 0.780. The van der Waals surface area contributed by atoms with Crippen molar-refractivity contribution in [3.8, 4) is 0 Å². The molecule has 0 aromatic rings. The first kappa shape index (κ1) is 8.00. The number of carboxylic acid groups (broad SMARTS) is 1. The van der Waals surface area contributed by atoms with Gasteiger partial charge in [0, 0.05) is 0 Å². The largest absolute Gasteiger partial charge is 0.480 e. The van der Waals surface area contributed by atoms with Crippen LogP contribution < -0.4 is 5.32 Å². The number of amides is 1. The Kier molecular flexibility index (Phi) is 2.09. The van der Waals surface area contributed by atoms with E-state index in [9.17, 15) is 9.59 Å². The third-order valence-corrected chi connectivity index (χ3v) is 1.50. The predicted molar refractivity (Wildman–Crippen MR) is 35.0 cm³/mol. The Morgan fingerprint density at radius 3 is 2.91 bits per heavy atom. The van der Waals surface area contributed by atoms with Crippen LogP contribution in [0.1, 0.15) is 6.92 Å². The van der Waals surface area contributed by atoms with Crippen molar-refractivity contribution >= 4 is 11.9 Å². The van der Waals surface area contributed by atoms with Crippen molar-refractivity contribution in [1.29, 1.82) is 0 Å². The van der Waals surface area contributed by atoms with Crippen molar-refractivity contribution in [3.63, 3.8) is 0 Å². The van der Waals surface area contributed by atoms with Crippen LogP contribution in [0.5, 0.6) is 0 Å². The number of hydrogen-bond acceptors (Lipinski definition) is 3. The van der Waals surface area contributed by atoms with Crippen LogP contribution >= 0.6 is 0 Å². The van der Waals surface area contributed by atoms with E-state index in [1.165, 1.54) is 0 Å². The fraction of sp³-hybridized carbons (Fsp3) is 0.667. The molecule has 1 rings (SSSR count). The van der Waals surface area contributed by atoms with E-state index < -0.39 is 18.1 Å². The van der Waals surface area contributed by atoms with E-state index in [4.69, 9.17) is 9.84 Å². The SMILES string of the molecule is CC1OCC(C(=O)O)NC1=O. The first-order chi connectivity index (χ1) is 5.11. The minimum atomic E-state index is -1.06. The topological polar surface area (TPSA) is 75.6 Å². The Bertz CT molecular complexity index is 191. The average Bonchev–Trinajstić information content (AvgIpc) is 1.94. The molecule has 62 valence electrons. The first-order valence-corrected chi connectivity index (χ1v) is 3.26. The molecule has 2 N–H and O–H groups in total. The van der Waals surface area contributed by atoms with Crippen LogP contribution in [0.3, 0.4) is 0 Å². The molecule has 1 amide bonds. The normalized spacial score (nSPS) is 31.2. The van der Waals surface area contributed by atoms with E-state index in [1.54, 1.807) is 6.92 Å². The number of ether oxygens (including phenoxy) is 1. The van der Waals surface area contributed by atoms with Gasteiger partial charge in [-0.2, -0.15) is 0 Å². The molecule has 1 aliphatic rings. The van der Waals surface area contributed by atoms with Crippen LogP contribution in [0.2, 0.25) is 0 Å². The van der Waals surface area contributed by atoms with Gasteiger partial charge in [-0.1, -0.05) is 0 Å². The van der Waals surface area contributed by atoms with Crippen molar-refractivity contribution in [1.82, 2.24) is 5.32 Å². The zero-order valence-electron chi connectivity index (χ0n) is 6.03. The van der Waals surface area contributed by atoms with E-state index in [1.807, 2.05) is 0 Å². The van der Waals surface area contributed by atoms with E-state index >= 15 is 0 Å². The molecule has 0 aliphatic carbocycles. The van der Waals surface area contributed by atoms with E-state index in [0.29, 0.717) is 0 Å². The zero-order chi connectivity index (χ0) is 8.43. The van der Waals surface area contributed by atoms with Gasteiger partial charge in [-0.15, -0.1) is 0 Å². The molecular weight excluding hydrogens is 150 g/mol. The van der Waals surface area contributed by atoms with Crippen LogP contribution in [0, 0.1) is 0 Å². The standard InChI is InChI=1S/C6H9NO4/c1-3-5(8)7-4(2-11-3)6(9)10/h3-4H,2H2,1H3,(H,7,8)(H,9,10). The lowest BCUT2D eigenvalue weighted by Gasteiger charge is -2.24. The summed E-state index contributed by atoms with van der Waals surface area (Å²) < 4.78 is 4.87. The molecule has 0 bridgehead atoms. The summed E-state index contributed by atoms with van der Waals surface area (Å²) in [5, 5.41) is 10.7. The van der Waals surface area contributed by atoms with Gasteiger partial charge in [0.25, 0.3) is 0 Å². The Morgan fingerprint density at radius 1 is 1.82 bits per heavy atom. The molecule has 1 heterocycles. The molecule has 2 unspecified atom stereocenters. The van der Waals surface area contributed by atoms with Crippen molar-refractivity contribution in [2.24, 2.45) is 0 Å². The summed E-state index contributed by atoms with van der Waals surface area (Å²) in [5.41, 5.74) is 0. The quantitative estimate of drug-likeness (QED) is 0.513. The number of morpholine rings is 1. The molecule has 0 aromatic heterocycles.